The van der Waals surface area contributed by atoms with E-state index in [0.29, 0.717) is 0 Å². The van der Waals surface area contributed by atoms with Crippen LogP contribution in [0.1, 0.15) is 16.7 Å². The van der Waals surface area contributed by atoms with Crippen molar-refractivity contribution in [1.82, 2.24) is 0 Å². The predicted octanol–water partition coefficient (Wildman–Crippen LogP) is 14.4. The van der Waals surface area contributed by atoms with E-state index in [1.54, 1.807) is 0 Å². The summed E-state index contributed by atoms with van der Waals surface area (Å²) in [5, 5.41) is 0. The molecule has 8 rings (SSSR count). The number of benzene rings is 8. The van der Waals surface area contributed by atoms with Gasteiger partial charge in [-0.15, -0.1) is 0 Å². The van der Waals surface area contributed by atoms with Gasteiger partial charge >= 0.3 is 0 Å². The lowest BCUT2D eigenvalue weighted by Crippen LogP contribution is -2.11. The lowest BCUT2D eigenvalue weighted by molar-refractivity contribution is 1.25. The molecule has 2 heteroatoms. The van der Waals surface area contributed by atoms with Crippen molar-refractivity contribution in [2.75, 3.05) is 9.80 Å². The second-order valence-corrected chi connectivity index (χ2v) is 13.1. The second-order valence-electron chi connectivity index (χ2n) is 13.1. The largest absolute Gasteiger partial charge is 0.311 e. The minimum atomic E-state index is 1.10. The summed E-state index contributed by atoms with van der Waals surface area (Å²) >= 11 is 0. The van der Waals surface area contributed by atoms with Gasteiger partial charge in [0.05, 0.1) is 0 Å². The molecule has 2 nitrogen and oxygen atoms in total. The molecule has 0 fully saturated rings. The standard InChI is InChI=1S/C51H40N2/c1-39-13-11-12-20-51(39)53(46-18-9-4-10-19-46)50-33-25-41(26-34-50)22-21-40-23-31-47(32-24-40)52(48-35-27-44(28-36-48)42-14-5-2-6-15-42)49-37-29-45(30-38-49)43-16-7-3-8-17-43/h2-38H,1H3/b22-21+. The molecule has 0 aromatic heterocycles. The zero-order chi connectivity index (χ0) is 35.8. The maximum absolute atomic E-state index is 2.32. The van der Waals surface area contributed by atoms with Gasteiger partial charge in [-0.3, -0.25) is 0 Å². The van der Waals surface area contributed by atoms with E-state index in [1.807, 2.05) is 0 Å². The summed E-state index contributed by atoms with van der Waals surface area (Å²) in [4.78, 5) is 4.64. The molecule has 0 aliphatic rings. The van der Waals surface area contributed by atoms with Crippen molar-refractivity contribution in [3.63, 3.8) is 0 Å². The van der Waals surface area contributed by atoms with Crippen molar-refractivity contribution in [1.29, 1.82) is 0 Å². The summed E-state index contributed by atoms with van der Waals surface area (Å²) < 4.78 is 0. The Balaban J connectivity index is 1.05. The third kappa shape index (κ3) is 7.58. The molecule has 254 valence electrons. The smallest absolute Gasteiger partial charge is 0.0490 e. The van der Waals surface area contributed by atoms with Crippen molar-refractivity contribution in [3.8, 4) is 22.3 Å². The van der Waals surface area contributed by atoms with Gasteiger partial charge in [-0.1, -0.05) is 158 Å². The van der Waals surface area contributed by atoms with Crippen LogP contribution in [0.5, 0.6) is 0 Å². The van der Waals surface area contributed by atoms with Crippen LogP contribution in [0.25, 0.3) is 34.4 Å². The van der Waals surface area contributed by atoms with Crippen LogP contribution in [0.2, 0.25) is 0 Å². The van der Waals surface area contributed by atoms with E-state index < -0.39 is 0 Å². The first-order valence-corrected chi connectivity index (χ1v) is 18.1. The van der Waals surface area contributed by atoms with Crippen LogP contribution in [0, 0.1) is 6.92 Å². The number of hydrogen-bond acceptors (Lipinski definition) is 2. The summed E-state index contributed by atoms with van der Waals surface area (Å²) in [6.07, 6.45) is 4.37. The van der Waals surface area contributed by atoms with E-state index >= 15 is 0 Å². The van der Waals surface area contributed by atoms with Crippen LogP contribution in [0.15, 0.2) is 212 Å². The minimum Gasteiger partial charge on any atom is -0.311 e. The average molecular weight is 681 g/mol. The van der Waals surface area contributed by atoms with E-state index in [-0.39, 0.29) is 0 Å². The monoisotopic (exact) mass is 680 g/mol. The number of nitrogens with zero attached hydrogens (tertiary/aromatic N) is 2. The van der Waals surface area contributed by atoms with Gasteiger partial charge in [0.2, 0.25) is 0 Å². The number of hydrogen-bond donors (Lipinski definition) is 0. The molecule has 0 saturated carbocycles. The second kappa shape index (κ2) is 15.6. The highest BCUT2D eigenvalue weighted by Gasteiger charge is 2.15. The van der Waals surface area contributed by atoms with E-state index in [9.17, 15) is 0 Å². The Morgan fingerprint density at radius 3 is 1.04 bits per heavy atom. The lowest BCUT2D eigenvalue weighted by Gasteiger charge is -2.27. The van der Waals surface area contributed by atoms with Crippen molar-refractivity contribution in [2.24, 2.45) is 0 Å². The van der Waals surface area contributed by atoms with Crippen molar-refractivity contribution >= 4 is 46.3 Å². The first-order valence-electron chi connectivity index (χ1n) is 18.1. The van der Waals surface area contributed by atoms with Gasteiger partial charge in [0, 0.05) is 34.1 Å². The molecule has 53 heavy (non-hydrogen) atoms. The molecule has 0 aliphatic heterocycles. The Morgan fingerprint density at radius 2 is 0.604 bits per heavy atom. The fraction of sp³-hybridized carbons (Fsp3) is 0.0196. The van der Waals surface area contributed by atoms with Gasteiger partial charge in [-0.25, -0.2) is 0 Å². The molecule has 0 spiro atoms. The summed E-state index contributed by atoms with van der Waals surface area (Å²) in [6.45, 7) is 2.16. The van der Waals surface area contributed by atoms with Gasteiger partial charge in [-0.2, -0.15) is 0 Å². The van der Waals surface area contributed by atoms with Crippen molar-refractivity contribution in [2.45, 2.75) is 6.92 Å². The molecule has 8 aromatic carbocycles. The molecule has 0 radical (unpaired) electrons. The maximum atomic E-state index is 2.32. The molecule has 8 aromatic rings. The van der Waals surface area contributed by atoms with Gasteiger partial charge in [0.1, 0.15) is 0 Å². The third-order valence-corrected chi connectivity index (χ3v) is 9.61. The fourth-order valence-electron chi connectivity index (χ4n) is 6.79. The average Bonchev–Trinajstić information content (AvgIpc) is 3.23. The highest BCUT2D eigenvalue weighted by Crippen LogP contribution is 2.38. The number of rotatable bonds is 10. The fourth-order valence-corrected chi connectivity index (χ4v) is 6.79. The molecular formula is C51H40N2. The Morgan fingerprint density at radius 1 is 0.283 bits per heavy atom. The Hall–Kier alpha value is -6.90. The molecule has 0 heterocycles. The lowest BCUT2D eigenvalue weighted by atomic mass is 10.0. The number of para-hydroxylation sites is 2. The van der Waals surface area contributed by atoms with Crippen LogP contribution in [0.3, 0.4) is 0 Å². The van der Waals surface area contributed by atoms with Crippen molar-refractivity contribution < 1.29 is 0 Å². The van der Waals surface area contributed by atoms with E-state index in [4.69, 9.17) is 0 Å². The van der Waals surface area contributed by atoms with Gasteiger partial charge in [-0.05, 0) is 113 Å². The highest BCUT2D eigenvalue weighted by molar-refractivity contribution is 5.82. The predicted molar refractivity (Wildman–Crippen MR) is 227 cm³/mol. The van der Waals surface area contributed by atoms with Crippen LogP contribution in [0.4, 0.5) is 34.1 Å². The molecule has 0 aliphatic carbocycles. The Kier molecular flexibility index (Phi) is 9.76. The zero-order valence-corrected chi connectivity index (χ0v) is 29.8. The Labute approximate surface area is 313 Å². The molecule has 0 saturated heterocycles. The maximum Gasteiger partial charge on any atom is 0.0490 e. The summed E-state index contributed by atoms with van der Waals surface area (Å²) in [5.41, 5.74) is 15.1. The molecule has 0 N–H and O–H groups in total. The van der Waals surface area contributed by atoms with E-state index in [1.165, 1.54) is 33.5 Å². The quantitative estimate of drug-likeness (QED) is 0.133. The van der Waals surface area contributed by atoms with E-state index in [0.717, 1.165) is 39.6 Å². The summed E-state index contributed by atoms with van der Waals surface area (Å²) in [6, 6.07) is 75.4. The third-order valence-electron chi connectivity index (χ3n) is 9.61. The molecule has 0 unspecified atom stereocenters. The van der Waals surface area contributed by atoms with Crippen LogP contribution in [-0.2, 0) is 0 Å². The summed E-state index contributed by atoms with van der Waals surface area (Å²) in [5.74, 6) is 0. The highest BCUT2D eigenvalue weighted by atomic mass is 15.1. The SMILES string of the molecule is Cc1ccccc1N(c1ccccc1)c1ccc(/C=C/c2ccc(N(c3ccc(-c4ccccc4)cc3)c3ccc(-c4ccccc4)cc3)cc2)cc1. The molecule has 0 bridgehead atoms. The molecule has 0 amide bonds. The summed E-state index contributed by atoms with van der Waals surface area (Å²) in [7, 11) is 0. The number of anilines is 6. The topological polar surface area (TPSA) is 6.48 Å². The normalized spacial score (nSPS) is 11.0. The zero-order valence-electron chi connectivity index (χ0n) is 29.8. The van der Waals surface area contributed by atoms with Crippen LogP contribution < -0.4 is 9.80 Å². The van der Waals surface area contributed by atoms with Crippen LogP contribution >= 0.6 is 0 Å². The number of aryl methyl sites for hydroxylation is 1. The van der Waals surface area contributed by atoms with E-state index in [2.05, 4.69) is 241 Å². The first kappa shape index (κ1) is 33.3. The van der Waals surface area contributed by atoms with Crippen LogP contribution in [-0.4, -0.2) is 0 Å². The minimum absolute atomic E-state index is 1.10. The Bertz CT molecular complexity index is 2320. The molecular weight excluding hydrogens is 641 g/mol. The van der Waals surface area contributed by atoms with Gasteiger partial charge < -0.3 is 9.80 Å². The van der Waals surface area contributed by atoms with Gasteiger partial charge in [0.25, 0.3) is 0 Å². The van der Waals surface area contributed by atoms with Gasteiger partial charge in [0.15, 0.2) is 0 Å². The van der Waals surface area contributed by atoms with Crippen molar-refractivity contribution in [3.05, 3.63) is 229 Å². The first-order chi connectivity index (χ1) is 26.2. The molecule has 0 atom stereocenters.